The second kappa shape index (κ2) is 4.14. The van der Waals surface area contributed by atoms with Crippen LogP contribution in [0.2, 0.25) is 0 Å². The maximum atomic E-state index is 12.9. The highest BCUT2D eigenvalue weighted by molar-refractivity contribution is 6.32. The summed E-state index contributed by atoms with van der Waals surface area (Å²) in [5.41, 5.74) is 2.91. The number of nitrogens with one attached hydrogen (secondary N) is 1. The van der Waals surface area contributed by atoms with Gasteiger partial charge in [-0.05, 0) is 18.2 Å². The number of benzene rings is 2. The molecule has 0 amide bonds. The Kier molecular flexibility index (Phi) is 2.21. The van der Waals surface area contributed by atoms with Crippen molar-refractivity contribution in [2.45, 2.75) is 0 Å². The number of aromatic amines is 1. The number of ketones is 2. The topological polar surface area (TPSA) is 62.8 Å². The van der Waals surface area contributed by atoms with E-state index in [1.807, 2.05) is 48.5 Å². The molecule has 1 aliphatic carbocycles. The predicted molar refractivity (Wildman–Crippen MR) is 86.9 cm³/mol. The zero-order valence-electron chi connectivity index (χ0n) is 12.0. The molecule has 0 bridgehead atoms. The van der Waals surface area contributed by atoms with E-state index in [0.29, 0.717) is 16.8 Å². The average molecular weight is 298 g/mol. The van der Waals surface area contributed by atoms with Crippen LogP contribution in [-0.4, -0.2) is 21.5 Å². The standard InChI is InChI=1S/C19H10N2O2/c22-18-12-9-10-5-1-3-7-13(10)20-16(12)19(23)15-11-6-2-4-8-14(11)21-17(15)18/h1-9,21H. The van der Waals surface area contributed by atoms with Gasteiger partial charge in [-0.15, -0.1) is 0 Å². The van der Waals surface area contributed by atoms with E-state index in [0.717, 1.165) is 21.8 Å². The lowest BCUT2D eigenvalue weighted by atomic mass is 9.89. The fourth-order valence-corrected chi connectivity index (χ4v) is 3.26. The van der Waals surface area contributed by atoms with Crippen LogP contribution in [0.15, 0.2) is 54.6 Å². The van der Waals surface area contributed by atoms with Crippen molar-refractivity contribution < 1.29 is 9.59 Å². The van der Waals surface area contributed by atoms with Crippen LogP contribution in [0.5, 0.6) is 0 Å². The minimum absolute atomic E-state index is 0.177. The number of H-pyrrole nitrogens is 1. The average Bonchev–Trinajstić information content (AvgIpc) is 2.98. The van der Waals surface area contributed by atoms with Crippen molar-refractivity contribution in [3.05, 3.63) is 77.1 Å². The molecule has 1 N–H and O–H groups in total. The highest BCUT2D eigenvalue weighted by Gasteiger charge is 2.34. The molecule has 2 heterocycles. The van der Waals surface area contributed by atoms with E-state index in [1.54, 1.807) is 6.07 Å². The van der Waals surface area contributed by atoms with Crippen LogP contribution in [0.1, 0.15) is 32.1 Å². The number of aromatic nitrogens is 2. The second-order valence-corrected chi connectivity index (χ2v) is 5.66. The van der Waals surface area contributed by atoms with Crippen LogP contribution in [0, 0.1) is 0 Å². The molecule has 2 aromatic heterocycles. The van der Waals surface area contributed by atoms with Crippen LogP contribution >= 0.6 is 0 Å². The number of carbonyl (C=O) groups excluding carboxylic acids is 2. The van der Waals surface area contributed by atoms with Gasteiger partial charge in [-0.1, -0.05) is 36.4 Å². The van der Waals surface area contributed by atoms with Gasteiger partial charge in [-0.25, -0.2) is 4.98 Å². The largest absolute Gasteiger partial charge is 0.351 e. The summed E-state index contributed by atoms with van der Waals surface area (Å²) in [6.07, 6.45) is 0. The Hall–Kier alpha value is -3.27. The first-order valence-electron chi connectivity index (χ1n) is 7.34. The molecule has 2 aromatic carbocycles. The summed E-state index contributed by atoms with van der Waals surface area (Å²) in [6.45, 7) is 0. The van der Waals surface area contributed by atoms with Gasteiger partial charge in [0.15, 0.2) is 0 Å². The van der Waals surface area contributed by atoms with Gasteiger partial charge in [0.25, 0.3) is 0 Å². The molecule has 4 aromatic rings. The van der Waals surface area contributed by atoms with Crippen LogP contribution in [0.25, 0.3) is 21.8 Å². The summed E-state index contributed by atoms with van der Waals surface area (Å²) in [4.78, 5) is 33.3. The Morgan fingerprint density at radius 2 is 1.65 bits per heavy atom. The van der Waals surface area contributed by atoms with Gasteiger partial charge < -0.3 is 4.98 Å². The smallest absolute Gasteiger partial charge is 0.215 e. The van der Waals surface area contributed by atoms with E-state index in [-0.39, 0.29) is 17.3 Å². The molecule has 0 fully saturated rings. The molecule has 1 aliphatic rings. The lowest BCUT2D eigenvalue weighted by molar-refractivity contribution is 0.0974. The van der Waals surface area contributed by atoms with E-state index in [2.05, 4.69) is 9.97 Å². The second-order valence-electron chi connectivity index (χ2n) is 5.66. The first kappa shape index (κ1) is 12.3. The van der Waals surface area contributed by atoms with Crippen LogP contribution in [-0.2, 0) is 0 Å². The summed E-state index contributed by atoms with van der Waals surface area (Å²) in [5.74, 6) is -0.373. The third-order valence-electron chi connectivity index (χ3n) is 4.34. The van der Waals surface area contributed by atoms with Crippen molar-refractivity contribution in [1.82, 2.24) is 9.97 Å². The Balaban J connectivity index is 1.89. The van der Waals surface area contributed by atoms with Crippen LogP contribution in [0.4, 0.5) is 0 Å². The third-order valence-corrected chi connectivity index (χ3v) is 4.34. The quantitative estimate of drug-likeness (QED) is 0.476. The molecule has 0 radical (unpaired) electrons. The summed E-state index contributed by atoms with van der Waals surface area (Å²) in [5, 5.41) is 1.62. The number of fused-ring (bicyclic) bond motifs is 5. The number of hydrogen-bond acceptors (Lipinski definition) is 3. The van der Waals surface area contributed by atoms with E-state index in [1.165, 1.54) is 0 Å². The van der Waals surface area contributed by atoms with Crippen molar-refractivity contribution in [1.29, 1.82) is 0 Å². The van der Waals surface area contributed by atoms with Crippen molar-refractivity contribution in [3.63, 3.8) is 0 Å². The lowest BCUT2D eigenvalue weighted by Gasteiger charge is -2.14. The van der Waals surface area contributed by atoms with Crippen molar-refractivity contribution in [3.8, 4) is 0 Å². The predicted octanol–water partition coefficient (Wildman–Crippen LogP) is 3.49. The van der Waals surface area contributed by atoms with Gasteiger partial charge in [0, 0.05) is 16.3 Å². The molecule has 108 valence electrons. The van der Waals surface area contributed by atoms with Gasteiger partial charge in [0.1, 0.15) is 5.69 Å². The van der Waals surface area contributed by atoms with Gasteiger partial charge in [-0.3, -0.25) is 9.59 Å². The van der Waals surface area contributed by atoms with Gasteiger partial charge >= 0.3 is 0 Å². The summed E-state index contributed by atoms with van der Waals surface area (Å²) < 4.78 is 0. The molecule has 0 unspecified atom stereocenters. The highest BCUT2D eigenvalue weighted by atomic mass is 16.1. The van der Waals surface area contributed by atoms with E-state index < -0.39 is 0 Å². The maximum Gasteiger partial charge on any atom is 0.215 e. The molecule has 0 saturated heterocycles. The zero-order chi connectivity index (χ0) is 15.6. The molecule has 4 heteroatoms. The molecule has 23 heavy (non-hydrogen) atoms. The number of nitrogens with zero attached hydrogens (tertiary/aromatic N) is 1. The number of hydrogen-bond donors (Lipinski definition) is 1. The highest BCUT2D eigenvalue weighted by Crippen LogP contribution is 2.33. The minimum atomic E-state index is -0.196. The molecule has 0 spiro atoms. The fraction of sp³-hybridized carbons (Fsp3) is 0. The third kappa shape index (κ3) is 1.52. The van der Waals surface area contributed by atoms with Crippen LogP contribution < -0.4 is 0 Å². The van der Waals surface area contributed by atoms with E-state index >= 15 is 0 Å². The van der Waals surface area contributed by atoms with E-state index in [4.69, 9.17) is 0 Å². The summed E-state index contributed by atoms with van der Waals surface area (Å²) >= 11 is 0. The lowest BCUT2D eigenvalue weighted by Crippen LogP contribution is -2.21. The minimum Gasteiger partial charge on any atom is -0.351 e. The summed E-state index contributed by atoms with van der Waals surface area (Å²) in [6, 6.07) is 16.7. The number of pyridine rings is 1. The molecule has 5 rings (SSSR count). The van der Waals surface area contributed by atoms with E-state index in [9.17, 15) is 9.59 Å². The Bertz CT molecular complexity index is 1150. The Morgan fingerprint density at radius 1 is 0.870 bits per heavy atom. The number of rotatable bonds is 0. The Labute approximate surface area is 130 Å². The van der Waals surface area contributed by atoms with Gasteiger partial charge in [0.2, 0.25) is 11.6 Å². The molecule has 4 nitrogen and oxygen atoms in total. The Morgan fingerprint density at radius 3 is 2.57 bits per heavy atom. The normalized spacial score (nSPS) is 13.4. The first-order chi connectivity index (χ1) is 11.2. The molecular weight excluding hydrogens is 288 g/mol. The van der Waals surface area contributed by atoms with Crippen molar-refractivity contribution in [2.24, 2.45) is 0 Å². The molecule has 0 saturated carbocycles. The van der Waals surface area contributed by atoms with Gasteiger partial charge in [-0.2, -0.15) is 0 Å². The summed E-state index contributed by atoms with van der Waals surface area (Å²) in [7, 11) is 0. The SMILES string of the molecule is O=C1c2cc3ccccc3nc2C(=O)c2c1[nH]c1ccccc21. The fourth-order valence-electron chi connectivity index (χ4n) is 3.26. The van der Waals surface area contributed by atoms with Crippen LogP contribution in [0.3, 0.4) is 0 Å². The maximum absolute atomic E-state index is 12.9. The first-order valence-corrected chi connectivity index (χ1v) is 7.34. The molecule has 0 aliphatic heterocycles. The van der Waals surface area contributed by atoms with Crippen molar-refractivity contribution >= 4 is 33.4 Å². The number of para-hydroxylation sites is 2. The van der Waals surface area contributed by atoms with Gasteiger partial charge in [0.05, 0.1) is 22.3 Å². The molecule has 0 atom stereocenters. The molecular formula is C19H10N2O2. The zero-order valence-corrected chi connectivity index (χ0v) is 12.0. The van der Waals surface area contributed by atoms with Crippen molar-refractivity contribution in [2.75, 3.05) is 0 Å². The number of carbonyl (C=O) groups is 2. The monoisotopic (exact) mass is 298 g/mol.